The molecule has 33 heavy (non-hydrogen) atoms. The zero-order valence-corrected chi connectivity index (χ0v) is 20.4. The lowest BCUT2D eigenvalue weighted by atomic mass is 10.00. The van der Waals surface area contributed by atoms with Crippen LogP contribution >= 0.6 is 34.8 Å². The highest BCUT2D eigenvalue weighted by atomic mass is 35.5. The van der Waals surface area contributed by atoms with Gasteiger partial charge in [-0.05, 0) is 42.0 Å². The van der Waals surface area contributed by atoms with E-state index < -0.39 is 0 Å². The number of hydrogen-bond acceptors (Lipinski definition) is 3. The molecule has 3 heterocycles. The Morgan fingerprint density at radius 3 is 2.36 bits per heavy atom. The largest absolute Gasteiger partial charge is 0.367 e. The molecule has 1 amide bonds. The Labute approximate surface area is 209 Å². The van der Waals surface area contributed by atoms with E-state index >= 15 is 0 Å². The second kappa shape index (κ2) is 9.59. The molecule has 1 fully saturated rings. The van der Waals surface area contributed by atoms with Gasteiger partial charge in [0.1, 0.15) is 0 Å². The van der Waals surface area contributed by atoms with Gasteiger partial charge in [0.2, 0.25) is 5.91 Å². The highest BCUT2D eigenvalue weighted by molar-refractivity contribution is 6.42. The summed E-state index contributed by atoms with van der Waals surface area (Å²) in [5.41, 5.74) is 3.24. The lowest BCUT2D eigenvalue weighted by Gasteiger charge is -2.40. The smallest absolute Gasteiger partial charge is 0.236 e. The van der Waals surface area contributed by atoms with Crippen molar-refractivity contribution in [2.45, 2.75) is 12.6 Å². The van der Waals surface area contributed by atoms with Crippen LogP contribution < -0.4 is 4.90 Å². The van der Waals surface area contributed by atoms with Crippen molar-refractivity contribution in [3.05, 3.63) is 87.1 Å². The molecular formula is C25H25Cl3N4O. The molecule has 2 aliphatic heterocycles. The Kier molecular flexibility index (Phi) is 6.57. The van der Waals surface area contributed by atoms with Gasteiger partial charge in [-0.3, -0.25) is 9.69 Å². The molecular weight excluding hydrogens is 479 g/mol. The predicted octanol–water partition coefficient (Wildman–Crippen LogP) is 5.20. The normalized spacial score (nSPS) is 18.9. The predicted molar refractivity (Wildman–Crippen MR) is 135 cm³/mol. The zero-order valence-electron chi connectivity index (χ0n) is 18.1. The van der Waals surface area contributed by atoms with Crippen LogP contribution in [0.4, 0.5) is 5.69 Å². The molecule has 8 heteroatoms. The quantitative estimate of drug-likeness (QED) is 0.490. The SMILES string of the molecule is O=C(CN1CCn2cccc2C1c1ccc(Cl)c(Cl)c1)N1CCN(c2ccccc2Cl)CC1. The van der Waals surface area contributed by atoms with Gasteiger partial charge in [-0.25, -0.2) is 0 Å². The zero-order chi connectivity index (χ0) is 22.9. The third kappa shape index (κ3) is 4.60. The number of aromatic nitrogens is 1. The molecule has 3 aromatic rings. The van der Waals surface area contributed by atoms with Crippen LogP contribution in [0.25, 0.3) is 0 Å². The summed E-state index contributed by atoms with van der Waals surface area (Å²) in [4.78, 5) is 19.8. The molecule has 2 aromatic carbocycles. The monoisotopic (exact) mass is 502 g/mol. The molecule has 0 spiro atoms. The van der Waals surface area contributed by atoms with E-state index in [2.05, 4.69) is 32.7 Å². The van der Waals surface area contributed by atoms with Crippen molar-refractivity contribution in [1.29, 1.82) is 0 Å². The van der Waals surface area contributed by atoms with Gasteiger partial charge in [-0.1, -0.05) is 53.0 Å². The fourth-order valence-corrected chi connectivity index (χ4v) is 5.41. The highest BCUT2D eigenvalue weighted by Gasteiger charge is 2.32. The minimum Gasteiger partial charge on any atom is -0.367 e. The van der Waals surface area contributed by atoms with E-state index in [0.29, 0.717) is 29.7 Å². The van der Waals surface area contributed by atoms with Gasteiger partial charge in [0.05, 0.1) is 33.3 Å². The second-order valence-corrected chi connectivity index (χ2v) is 9.71. The molecule has 172 valence electrons. The van der Waals surface area contributed by atoms with Crippen molar-refractivity contribution >= 4 is 46.4 Å². The van der Waals surface area contributed by atoms with Crippen LogP contribution in [0.5, 0.6) is 0 Å². The van der Waals surface area contributed by atoms with Gasteiger partial charge in [0, 0.05) is 51.2 Å². The van der Waals surface area contributed by atoms with Crippen molar-refractivity contribution in [1.82, 2.24) is 14.4 Å². The maximum Gasteiger partial charge on any atom is 0.236 e. The van der Waals surface area contributed by atoms with Gasteiger partial charge in [-0.2, -0.15) is 0 Å². The summed E-state index contributed by atoms with van der Waals surface area (Å²) in [6.07, 6.45) is 2.09. The first-order chi connectivity index (χ1) is 16.0. The summed E-state index contributed by atoms with van der Waals surface area (Å²) in [5, 5.41) is 1.81. The molecule has 0 bridgehead atoms. The summed E-state index contributed by atoms with van der Waals surface area (Å²) in [6, 6.07) is 17.7. The van der Waals surface area contributed by atoms with Crippen LogP contribution in [0.3, 0.4) is 0 Å². The fraction of sp³-hybridized carbons (Fsp3) is 0.320. The number of carbonyl (C=O) groups is 1. The van der Waals surface area contributed by atoms with Gasteiger partial charge < -0.3 is 14.4 Å². The molecule has 1 unspecified atom stereocenters. The number of halogens is 3. The Hall–Kier alpha value is -2.18. The average Bonchev–Trinajstić information content (AvgIpc) is 3.30. The molecule has 0 aliphatic carbocycles. The average molecular weight is 504 g/mol. The molecule has 0 radical (unpaired) electrons. The minimum atomic E-state index is -0.0446. The molecule has 5 rings (SSSR count). The van der Waals surface area contributed by atoms with Crippen molar-refractivity contribution < 1.29 is 4.79 Å². The van der Waals surface area contributed by atoms with E-state index in [9.17, 15) is 4.79 Å². The van der Waals surface area contributed by atoms with E-state index in [0.717, 1.165) is 48.1 Å². The Balaban J connectivity index is 1.30. The number of rotatable bonds is 4. The number of benzene rings is 2. The fourth-order valence-electron chi connectivity index (χ4n) is 4.84. The summed E-state index contributed by atoms with van der Waals surface area (Å²) in [6.45, 7) is 4.92. The van der Waals surface area contributed by atoms with Gasteiger partial charge >= 0.3 is 0 Å². The van der Waals surface area contributed by atoms with E-state index in [-0.39, 0.29) is 11.9 Å². The molecule has 2 aliphatic rings. The number of amides is 1. The molecule has 1 atom stereocenters. The summed E-state index contributed by atoms with van der Waals surface area (Å²) >= 11 is 18.9. The van der Waals surface area contributed by atoms with Crippen molar-refractivity contribution in [3.8, 4) is 0 Å². The van der Waals surface area contributed by atoms with E-state index in [1.807, 2.05) is 47.4 Å². The van der Waals surface area contributed by atoms with Crippen molar-refractivity contribution in [3.63, 3.8) is 0 Å². The Morgan fingerprint density at radius 2 is 1.61 bits per heavy atom. The van der Waals surface area contributed by atoms with Gasteiger partial charge in [-0.15, -0.1) is 0 Å². The lowest BCUT2D eigenvalue weighted by Crippen LogP contribution is -2.52. The van der Waals surface area contributed by atoms with Crippen molar-refractivity contribution in [2.75, 3.05) is 44.2 Å². The third-order valence-electron chi connectivity index (χ3n) is 6.56. The summed E-state index contributed by atoms with van der Waals surface area (Å²) in [7, 11) is 0. The number of nitrogens with zero attached hydrogens (tertiary/aromatic N) is 4. The Morgan fingerprint density at radius 1 is 0.818 bits per heavy atom. The van der Waals surface area contributed by atoms with E-state index in [4.69, 9.17) is 34.8 Å². The number of piperazine rings is 1. The lowest BCUT2D eigenvalue weighted by molar-refractivity contribution is -0.133. The topological polar surface area (TPSA) is 31.7 Å². The third-order valence-corrected chi connectivity index (χ3v) is 7.62. The van der Waals surface area contributed by atoms with Crippen LogP contribution in [0.15, 0.2) is 60.8 Å². The highest BCUT2D eigenvalue weighted by Crippen LogP contribution is 2.35. The first kappa shape index (κ1) is 22.6. The van der Waals surface area contributed by atoms with Crippen LogP contribution in [0.1, 0.15) is 17.3 Å². The maximum atomic E-state index is 13.3. The molecule has 0 saturated carbocycles. The van der Waals surface area contributed by atoms with Gasteiger partial charge in [0.15, 0.2) is 0 Å². The van der Waals surface area contributed by atoms with Crippen LogP contribution in [0, 0.1) is 0 Å². The van der Waals surface area contributed by atoms with Crippen LogP contribution in [-0.2, 0) is 11.3 Å². The molecule has 0 N–H and O–H groups in total. The van der Waals surface area contributed by atoms with Crippen LogP contribution in [0.2, 0.25) is 15.1 Å². The number of para-hydroxylation sites is 1. The van der Waals surface area contributed by atoms with Crippen LogP contribution in [-0.4, -0.2) is 59.5 Å². The number of carbonyl (C=O) groups excluding carboxylic acids is 1. The molecule has 5 nitrogen and oxygen atoms in total. The van der Waals surface area contributed by atoms with E-state index in [1.54, 1.807) is 0 Å². The minimum absolute atomic E-state index is 0.0446. The first-order valence-electron chi connectivity index (χ1n) is 11.1. The van der Waals surface area contributed by atoms with Gasteiger partial charge in [0.25, 0.3) is 0 Å². The van der Waals surface area contributed by atoms with E-state index in [1.165, 1.54) is 0 Å². The van der Waals surface area contributed by atoms with Crippen molar-refractivity contribution in [2.24, 2.45) is 0 Å². The number of anilines is 1. The standard InChI is InChI=1S/C25H25Cl3N4O/c26-19-8-7-18(16-21(19)28)25-23-6-3-9-29(23)12-15-32(25)17-24(33)31-13-10-30(11-14-31)22-5-2-1-4-20(22)27/h1-9,16,25H,10-15,17H2. The molecule has 1 saturated heterocycles. The summed E-state index contributed by atoms with van der Waals surface area (Å²) < 4.78 is 2.25. The maximum absolute atomic E-state index is 13.3. The number of fused-ring (bicyclic) bond motifs is 1. The number of hydrogen-bond donors (Lipinski definition) is 0. The molecule has 1 aromatic heterocycles. The first-order valence-corrected chi connectivity index (χ1v) is 12.3. The Bertz CT molecular complexity index is 1160. The summed E-state index contributed by atoms with van der Waals surface area (Å²) in [5.74, 6) is 0.152. The second-order valence-electron chi connectivity index (χ2n) is 8.49.